The van der Waals surface area contributed by atoms with Gasteiger partial charge in [0.25, 0.3) is 5.91 Å². The number of nitrogens with zero attached hydrogens (tertiary/aromatic N) is 1. The summed E-state index contributed by atoms with van der Waals surface area (Å²) in [6.07, 6.45) is 1.58. The second kappa shape index (κ2) is 7.69. The van der Waals surface area contributed by atoms with Gasteiger partial charge in [0.15, 0.2) is 0 Å². The van der Waals surface area contributed by atoms with Crippen molar-refractivity contribution < 1.29 is 9.59 Å². The Kier molecular flexibility index (Phi) is 5.86. The lowest BCUT2D eigenvalue weighted by Gasteiger charge is -2.33. The normalized spacial score (nSPS) is 15.9. The molecule has 1 aromatic rings. The topological polar surface area (TPSA) is 61.4 Å². The quantitative estimate of drug-likeness (QED) is 0.894. The van der Waals surface area contributed by atoms with E-state index < -0.39 is 0 Å². The first kappa shape index (κ1) is 18.3. The average molecular weight is 331 g/mol. The molecule has 0 radical (unpaired) electrons. The van der Waals surface area contributed by atoms with Crippen molar-refractivity contribution in [3.8, 4) is 0 Å². The summed E-state index contributed by atoms with van der Waals surface area (Å²) in [6.45, 7) is 10.2. The number of hydrogen-bond acceptors (Lipinski definition) is 2. The van der Waals surface area contributed by atoms with Gasteiger partial charge in [-0.1, -0.05) is 39.0 Å². The maximum absolute atomic E-state index is 12.4. The molecule has 0 bridgehead atoms. The van der Waals surface area contributed by atoms with E-state index in [-0.39, 0.29) is 23.4 Å². The third-order valence-electron chi connectivity index (χ3n) is 4.28. The molecular formula is C19H29N3O2. The third-order valence-corrected chi connectivity index (χ3v) is 4.28. The summed E-state index contributed by atoms with van der Waals surface area (Å²) in [6, 6.07) is 7.72. The van der Waals surface area contributed by atoms with Gasteiger partial charge in [-0.3, -0.25) is 4.79 Å². The molecule has 3 amide bonds. The Morgan fingerprint density at radius 2 is 1.79 bits per heavy atom. The first-order valence-corrected chi connectivity index (χ1v) is 8.65. The lowest BCUT2D eigenvalue weighted by atomic mass is 9.97. The summed E-state index contributed by atoms with van der Waals surface area (Å²) in [5.74, 6) is -0.0243. The van der Waals surface area contributed by atoms with E-state index in [0.29, 0.717) is 19.6 Å². The Labute approximate surface area is 144 Å². The van der Waals surface area contributed by atoms with Crippen molar-refractivity contribution in [3.05, 3.63) is 35.4 Å². The molecule has 2 rings (SSSR count). The summed E-state index contributed by atoms with van der Waals surface area (Å²) in [5, 5.41) is 6.08. The van der Waals surface area contributed by atoms with Crippen molar-refractivity contribution in [2.45, 2.75) is 46.6 Å². The van der Waals surface area contributed by atoms with Gasteiger partial charge < -0.3 is 15.5 Å². The van der Waals surface area contributed by atoms with E-state index >= 15 is 0 Å². The second-order valence-corrected chi connectivity index (χ2v) is 7.77. The third kappa shape index (κ3) is 5.25. The standard InChI is InChI=1S/C19H29N3O2/c1-14-7-5-6-8-16(14)17(23)21-15-9-11-22(12-10-15)18(24)20-13-19(2,3)4/h5-8,15H,9-13H2,1-4H3,(H,20,24)(H,21,23). The molecule has 5 nitrogen and oxygen atoms in total. The molecule has 0 aromatic heterocycles. The number of nitrogens with one attached hydrogen (secondary N) is 2. The van der Waals surface area contributed by atoms with Crippen LogP contribution in [0.2, 0.25) is 0 Å². The molecular weight excluding hydrogens is 302 g/mol. The molecule has 1 saturated heterocycles. The highest BCUT2D eigenvalue weighted by atomic mass is 16.2. The molecule has 0 aliphatic carbocycles. The van der Waals surface area contributed by atoms with Gasteiger partial charge in [0.2, 0.25) is 0 Å². The van der Waals surface area contributed by atoms with Gasteiger partial charge in [0.1, 0.15) is 0 Å². The molecule has 1 heterocycles. The molecule has 0 unspecified atom stereocenters. The van der Waals surface area contributed by atoms with Gasteiger partial charge in [0, 0.05) is 31.2 Å². The Bertz CT molecular complexity index is 585. The summed E-state index contributed by atoms with van der Waals surface area (Å²) >= 11 is 0. The second-order valence-electron chi connectivity index (χ2n) is 7.77. The predicted octanol–water partition coefficient (Wildman–Crippen LogP) is 2.94. The van der Waals surface area contributed by atoms with Crippen molar-refractivity contribution in [2.75, 3.05) is 19.6 Å². The van der Waals surface area contributed by atoms with E-state index in [9.17, 15) is 9.59 Å². The smallest absolute Gasteiger partial charge is 0.317 e. The zero-order valence-electron chi connectivity index (χ0n) is 15.2. The van der Waals surface area contributed by atoms with Crippen molar-refractivity contribution in [3.63, 3.8) is 0 Å². The molecule has 0 saturated carbocycles. The zero-order chi connectivity index (χ0) is 17.7. The van der Waals surface area contributed by atoms with Crippen LogP contribution in [0.5, 0.6) is 0 Å². The first-order valence-electron chi connectivity index (χ1n) is 8.65. The van der Waals surface area contributed by atoms with Crippen LogP contribution >= 0.6 is 0 Å². The summed E-state index contributed by atoms with van der Waals surface area (Å²) in [5.41, 5.74) is 1.78. The molecule has 24 heavy (non-hydrogen) atoms. The average Bonchev–Trinajstić information content (AvgIpc) is 2.53. The number of hydrogen-bond donors (Lipinski definition) is 2. The van der Waals surface area contributed by atoms with Crippen LogP contribution in [0.15, 0.2) is 24.3 Å². The lowest BCUT2D eigenvalue weighted by Crippen LogP contribution is -2.50. The monoisotopic (exact) mass is 331 g/mol. The van der Waals surface area contributed by atoms with E-state index in [0.717, 1.165) is 24.0 Å². The number of rotatable bonds is 3. The molecule has 0 spiro atoms. The van der Waals surface area contributed by atoms with Crippen LogP contribution in [-0.4, -0.2) is 42.5 Å². The molecule has 1 fully saturated rings. The molecule has 5 heteroatoms. The van der Waals surface area contributed by atoms with Crippen molar-refractivity contribution in [1.82, 2.24) is 15.5 Å². The number of carbonyl (C=O) groups excluding carboxylic acids is 2. The summed E-state index contributed by atoms with van der Waals surface area (Å²) in [7, 11) is 0. The van der Waals surface area contributed by atoms with E-state index in [1.54, 1.807) is 0 Å². The first-order chi connectivity index (χ1) is 11.3. The van der Waals surface area contributed by atoms with Crippen molar-refractivity contribution in [2.24, 2.45) is 5.41 Å². The van der Waals surface area contributed by atoms with E-state index in [1.165, 1.54) is 0 Å². The van der Waals surface area contributed by atoms with Crippen LogP contribution < -0.4 is 10.6 Å². The van der Waals surface area contributed by atoms with Crippen LogP contribution in [0.4, 0.5) is 4.79 Å². The molecule has 1 aromatic carbocycles. The number of urea groups is 1. The minimum absolute atomic E-state index is 0.00592. The minimum Gasteiger partial charge on any atom is -0.349 e. The Morgan fingerprint density at radius 1 is 1.17 bits per heavy atom. The van der Waals surface area contributed by atoms with Crippen LogP contribution in [0.3, 0.4) is 0 Å². The highest BCUT2D eigenvalue weighted by Crippen LogP contribution is 2.14. The maximum atomic E-state index is 12.4. The lowest BCUT2D eigenvalue weighted by molar-refractivity contribution is 0.0917. The van der Waals surface area contributed by atoms with Crippen LogP contribution in [-0.2, 0) is 0 Å². The molecule has 2 N–H and O–H groups in total. The van der Waals surface area contributed by atoms with Gasteiger partial charge in [-0.2, -0.15) is 0 Å². The van der Waals surface area contributed by atoms with Gasteiger partial charge in [-0.25, -0.2) is 4.79 Å². The number of benzene rings is 1. The van der Waals surface area contributed by atoms with Gasteiger partial charge in [-0.05, 0) is 36.8 Å². The van der Waals surface area contributed by atoms with E-state index in [1.807, 2.05) is 36.1 Å². The zero-order valence-corrected chi connectivity index (χ0v) is 15.2. The SMILES string of the molecule is Cc1ccccc1C(=O)NC1CCN(C(=O)NCC(C)(C)C)CC1. The van der Waals surface area contributed by atoms with E-state index in [4.69, 9.17) is 0 Å². The highest BCUT2D eigenvalue weighted by molar-refractivity contribution is 5.95. The highest BCUT2D eigenvalue weighted by Gasteiger charge is 2.25. The Balaban J connectivity index is 1.79. The Hall–Kier alpha value is -2.04. The van der Waals surface area contributed by atoms with Gasteiger partial charge in [-0.15, -0.1) is 0 Å². The molecule has 1 aliphatic heterocycles. The summed E-state index contributed by atoms with van der Waals surface area (Å²) < 4.78 is 0. The fraction of sp³-hybridized carbons (Fsp3) is 0.579. The van der Waals surface area contributed by atoms with Crippen LogP contribution in [0.1, 0.15) is 49.5 Å². The fourth-order valence-electron chi connectivity index (χ4n) is 2.77. The fourth-order valence-corrected chi connectivity index (χ4v) is 2.77. The number of carbonyl (C=O) groups is 2. The number of aryl methyl sites for hydroxylation is 1. The van der Waals surface area contributed by atoms with E-state index in [2.05, 4.69) is 31.4 Å². The maximum Gasteiger partial charge on any atom is 0.317 e. The summed E-state index contributed by atoms with van der Waals surface area (Å²) in [4.78, 5) is 26.4. The predicted molar refractivity (Wildman–Crippen MR) is 96.1 cm³/mol. The van der Waals surface area contributed by atoms with Gasteiger partial charge in [0.05, 0.1) is 0 Å². The van der Waals surface area contributed by atoms with Gasteiger partial charge >= 0.3 is 6.03 Å². The number of likely N-dealkylation sites (tertiary alicyclic amines) is 1. The molecule has 0 atom stereocenters. The van der Waals surface area contributed by atoms with Crippen molar-refractivity contribution in [1.29, 1.82) is 0 Å². The number of amides is 3. The molecule has 1 aliphatic rings. The van der Waals surface area contributed by atoms with Crippen LogP contribution in [0.25, 0.3) is 0 Å². The Morgan fingerprint density at radius 3 is 2.38 bits per heavy atom. The largest absolute Gasteiger partial charge is 0.349 e. The van der Waals surface area contributed by atoms with Crippen molar-refractivity contribution >= 4 is 11.9 Å². The number of piperidine rings is 1. The molecule has 132 valence electrons. The van der Waals surface area contributed by atoms with Crippen LogP contribution in [0, 0.1) is 12.3 Å². The minimum atomic E-state index is -0.0243.